The van der Waals surface area contributed by atoms with E-state index in [4.69, 9.17) is 0 Å². The highest BCUT2D eigenvalue weighted by Crippen LogP contribution is 2.13. The van der Waals surface area contributed by atoms with Crippen LogP contribution in [0.2, 0.25) is 0 Å². The van der Waals surface area contributed by atoms with Crippen LogP contribution in [-0.4, -0.2) is 11.0 Å². The summed E-state index contributed by atoms with van der Waals surface area (Å²) in [7, 11) is 0. The van der Waals surface area contributed by atoms with E-state index in [1.807, 2.05) is 37.3 Å². The Hall–Kier alpha value is -2.36. The van der Waals surface area contributed by atoms with Gasteiger partial charge in [-0.15, -0.1) is 0 Å². The molecule has 0 saturated carbocycles. The largest absolute Gasteiger partial charge is 0.330 e. The Balaban J connectivity index is 1.86. The third-order valence-electron chi connectivity index (χ3n) is 3.51. The molecule has 2 rings (SSSR count). The monoisotopic (exact) mass is 297 g/mol. The van der Waals surface area contributed by atoms with Crippen LogP contribution in [0.3, 0.4) is 0 Å². The Bertz CT molecular complexity index is 581. The highest BCUT2D eigenvalue weighted by molar-refractivity contribution is 5.89. The first-order chi connectivity index (χ1) is 10.7. The second kappa shape index (κ2) is 8.17. The topological polar surface area (TPSA) is 54.0 Å². The number of pyridine rings is 1. The van der Waals surface area contributed by atoms with Crippen LogP contribution in [-0.2, 0) is 6.42 Å². The molecule has 2 aromatic rings. The molecule has 0 bridgehead atoms. The molecule has 0 aliphatic rings. The number of rotatable bonds is 6. The Labute approximate surface area is 132 Å². The summed E-state index contributed by atoms with van der Waals surface area (Å²) < 4.78 is 0. The van der Waals surface area contributed by atoms with Crippen molar-refractivity contribution < 1.29 is 4.79 Å². The van der Waals surface area contributed by atoms with Gasteiger partial charge >= 0.3 is 6.03 Å². The van der Waals surface area contributed by atoms with Gasteiger partial charge in [0.05, 0.1) is 11.7 Å². The van der Waals surface area contributed by atoms with Crippen LogP contribution in [0.25, 0.3) is 0 Å². The molecular weight excluding hydrogens is 274 g/mol. The zero-order chi connectivity index (χ0) is 15.8. The van der Waals surface area contributed by atoms with Crippen molar-refractivity contribution in [3.63, 3.8) is 0 Å². The second-order valence-electron chi connectivity index (χ2n) is 5.38. The summed E-state index contributed by atoms with van der Waals surface area (Å²) in [6.07, 6.45) is 5.18. The van der Waals surface area contributed by atoms with Crippen LogP contribution in [0, 0.1) is 0 Å². The first kappa shape index (κ1) is 16.0. The van der Waals surface area contributed by atoms with Crippen LogP contribution in [0.5, 0.6) is 0 Å². The second-order valence-corrected chi connectivity index (χ2v) is 5.38. The van der Waals surface area contributed by atoms with Crippen molar-refractivity contribution in [2.75, 3.05) is 5.32 Å². The number of hydrogen-bond acceptors (Lipinski definition) is 2. The predicted molar refractivity (Wildman–Crippen MR) is 89.9 cm³/mol. The van der Waals surface area contributed by atoms with Gasteiger partial charge in [-0.1, -0.05) is 31.5 Å². The number of amides is 2. The fourth-order valence-electron chi connectivity index (χ4n) is 2.21. The summed E-state index contributed by atoms with van der Waals surface area (Å²) in [5, 5.41) is 5.73. The number of urea groups is 1. The molecule has 0 aliphatic heterocycles. The highest BCUT2D eigenvalue weighted by atomic mass is 16.2. The summed E-state index contributed by atoms with van der Waals surface area (Å²) >= 11 is 0. The molecule has 0 saturated heterocycles. The van der Waals surface area contributed by atoms with E-state index in [2.05, 4.69) is 34.7 Å². The van der Waals surface area contributed by atoms with Crippen LogP contribution < -0.4 is 10.6 Å². The molecule has 1 atom stereocenters. The average molecular weight is 297 g/mol. The van der Waals surface area contributed by atoms with E-state index in [1.165, 1.54) is 18.4 Å². The SMILES string of the molecule is CCCCc1ccc(NC(=O)N[C@@H](C)c2ccccn2)cc1. The number of benzene rings is 1. The lowest BCUT2D eigenvalue weighted by Gasteiger charge is -2.14. The highest BCUT2D eigenvalue weighted by Gasteiger charge is 2.10. The third kappa shape index (κ3) is 4.88. The van der Waals surface area contributed by atoms with E-state index < -0.39 is 0 Å². The smallest absolute Gasteiger partial charge is 0.319 e. The number of carbonyl (C=O) groups excluding carboxylic acids is 1. The molecule has 0 spiro atoms. The normalized spacial score (nSPS) is 11.7. The maximum atomic E-state index is 12.0. The van der Waals surface area contributed by atoms with Crippen molar-refractivity contribution in [1.29, 1.82) is 0 Å². The quantitative estimate of drug-likeness (QED) is 0.835. The van der Waals surface area contributed by atoms with Gasteiger partial charge < -0.3 is 10.6 Å². The van der Waals surface area contributed by atoms with Gasteiger partial charge in [-0.3, -0.25) is 4.98 Å². The molecule has 0 aliphatic carbocycles. The lowest BCUT2D eigenvalue weighted by Crippen LogP contribution is -2.31. The lowest BCUT2D eigenvalue weighted by atomic mass is 10.1. The minimum Gasteiger partial charge on any atom is -0.330 e. The number of nitrogens with zero attached hydrogens (tertiary/aromatic N) is 1. The van der Waals surface area contributed by atoms with Crippen molar-refractivity contribution in [3.05, 3.63) is 59.9 Å². The summed E-state index contributed by atoms with van der Waals surface area (Å²) in [5.74, 6) is 0. The van der Waals surface area contributed by atoms with E-state index >= 15 is 0 Å². The van der Waals surface area contributed by atoms with E-state index in [0.29, 0.717) is 0 Å². The van der Waals surface area contributed by atoms with Crippen LogP contribution in [0.15, 0.2) is 48.7 Å². The summed E-state index contributed by atoms with van der Waals surface area (Å²) in [6, 6.07) is 13.3. The molecule has 2 N–H and O–H groups in total. The minimum absolute atomic E-state index is 0.134. The van der Waals surface area contributed by atoms with Gasteiger partial charge in [0.15, 0.2) is 0 Å². The molecule has 0 unspecified atom stereocenters. The van der Waals surface area contributed by atoms with Crippen LogP contribution in [0.4, 0.5) is 10.5 Å². The van der Waals surface area contributed by atoms with Crippen molar-refractivity contribution in [2.24, 2.45) is 0 Å². The molecule has 0 radical (unpaired) electrons. The van der Waals surface area contributed by atoms with Crippen molar-refractivity contribution in [2.45, 2.75) is 39.2 Å². The molecule has 116 valence electrons. The molecule has 1 aromatic carbocycles. The fourth-order valence-corrected chi connectivity index (χ4v) is 2.21. The van der Waals surface area contributed by atoms with Crippen molar-refractivity contribution in [1.82, 2.24) is 10.3 Å². The van der Waals surface area contributed by atoms with E-state index in [0.717, 1.165) is 17.8 Å². The molecule has 1 heterocycles. The minimum atomic E-state index is -0.223. The van der Waals surface area contributed by atoms with E-state index in [9.17, 15) is 4.79 Å². The van der Waals surface area contributed by atoms with Gasteiger partial charge in [-0.05, 0) is 49.6 Å². The number of carbonyl (C=O) groups is 1. The standard InChI is InChI=1S/C18H23N3O/c1-3-4-7-15-9-11-16(12-10-15)21-18(22)20-14(2)17-8-5-6-13-19-17/h5-6,8-14H,3-4,7H2,1-2H3,(H2,20,21,22)/t14-/m0/s1. The first-order valence-corrected chi connectivity index (χ1v) is 7.76. The Kier molecular flexibility index (Phi) is 5.95. The summed E-state index contributed by atoms with van der Waals surface area (Å²) in [4.78, 5) is 16.2. The maximum Gasteiger partial charge on any atom is 0.319 e. The molecule has 22 heavy (non-hydrogen) atoms. The van der Waals surface area contributed by atoms with Gasteiger partial charge in [0.25, 0.3) is 0 Å². The van der Waals surface area contributed by atoms with Gasteiger partial charge in [0, 0.05) is 11.9 Å². The Morgan fingerprint density at radius 1 is 1.18 bits per heavy atom. The van der Waals surface area contributed by atoms with E-state index in [-0.39, 0.29) is 12.1 Å². The molecule has 4 heteroatoms. The number of anilines is 1. The third-order valence-corrected chi connectivity index (χ3v) is 3.51. The van der Waals surface area contributed by atoms with Crippen LogP contribution in [0.1, 0.15) is 44.0 Å². The lowest BCUT2D eigenvalue weighted by molar-refractivity contribution is 0.249. The van der Waals surface area contributed by atoms with Gasteiger partial charge in [0.2, 0.25) is 0 Å². The van der Waals surface area contributed by atoms with E-state index in [1.54, 1.807) is 6.20 Å². The number of unbranched alkanes of at least 4 members (excludes halogenated alkanes) is 1. The zero-order valence-corrected chi connectivity index (χ0v) is 13.2. The molecule has 0 fully saturated rings. The summed E-state index contributed by atoms with van der Waals surface area (Å²) in [6.45, 7) is 4.10. The molecule has 1 aromatic heterocycles. The van der Waals surface area contributed by atoms with Gasteiger partial charge in [-0.2, -0.15) is 0 Å². The average Bonchev–Trinajstić information content (AvgIpc) is 2.55. The van der Waals surface area contributed by atoms with Crippen LogP contribution >= 0.6 is 0 Å². The fraction of sp³-hybridized carbons (Fsp3) is 0.333. The first-order valence-electron chi connectivity index (χ1n) is 7.76. The number of nitrogens with one attached hydrogen (secondary N) is 2. The number of aromatic nitrogens is 1. The molecule has 2 amide bonds. The Morgan fingerprint density at radius 3 is 2.59 bits per heavy atom. The Morgan fingerprint density at radius 2 is 1.95 bits per heavy atom. The number of aryl methyl sites for hydroxylation is 1. The predicted octanol–water partition coefficient (Wildman–Crippen LogP) is 4.31. The number of hydrogen-bond donors (Lipinski definition) is 2. The summed E-state index contributed by atoms with van der Waals surface area (Å²) in [5.41, 5.74) is 2.94. The van der Waals surface area contributed by atoms with Gasteiger partial charge in [0.1, 0.15) is 0 Å². The van der Waals surface area contributed by atoms with Gasteiger partial charge in [-0.25, -0.2) is 4.79 Å². The van der Waals surface area contributed by atoms with Crippen molar-refractivity contribution >= 4 is 11.7 Å². The molecular formula is C18H23N3O. The van der Waals surface area contributed by atoms with Crippen molar-refractivity contribution in [3.8, 4) is 0 Å². The zero-order valence-electron chi connectivity index (χ0n) is 13.2. The molecule has 4 nitrogen and oxygen atoms in total. The maximum absolute atomic E-state index is 12.0.